The molecule has 0 aliphatic rings. The number of hydrogen-bond donors (Lipinski definition) is 1. The van der Waals surface area contributed by atoms with Crippen LogP contribution in [0.25, 0.3) is 65.7 Å². The number of rotatable bonds is 11. The zero-order valence-electron chi connectivity index (χ0n) is 35.2. The van der Waals surface area contributed by atoms with Gasteiger partial charge in [0, 0.05) is 39.4 Å². The maximum atomic E-state index is 4.77. The minimum absolute atomic E-state index is 0.930. The third-order valence-electron chi connectivity index (χ3n) is 12.0. The van der Waals surface area contributed by atoms with Gasteiger partial charge in [0.25, 0.3) is 0 Å². The smallest absolute Gasteiger partial charge is 0.0467 e. The molecule has 0 saturated heterocycles. The number of fused-ring (bicyclic) bond motifs is 3. The standard InChI is InChI=1S/C61H46N2/c1-3-4-25-53(43(2)54-26-11-12-32-60(54)62-61-33-16-22-46-19-7-10-29-59(46)61)49-23-13-24-52(42-49)63(50-38-34-47(35-39-50)57-30-14-20-44-17-5-8-27-55(44)57)51-40-36-48(37-41-51)58-31-15-21-45-18-6-9-28-56(45)58/h3-42,62H,2H2,1H3/b4-3-,53-25+. The lowest BCUT2D eigenvalue weighted by atomic mass is 9.91. The molecule has 2 nitrogen and oxygen atoms in total. The topological polar surface area (TPSA) is 15.3 Å². The van der Waals surface area contributed by atoms with E-state index < -0.39 is 0 Å². The fourth-order valence-electron chi connectivity index (χ4n) is 8.84. The first-order chi connectivity index (χ1) is 31.1. The van der Waals surface area contributed by atoms with Gasteiger partial charge in [-0.15, -0.1) is 0 Å². The lowest BCUT2D eigenvalue weighted by molar-refractivity contribution is 1.28. The van der Waals surface area contributed by atoms with E-state index in [-0.39, 0.29) is 0 Å². The highest BCUT2D eigenvalue weighted by atomic mass is 15.1. The van der Waals surface area contributed by atoms with E-state index in [1.165, 1.54) is 54.6 Å². The molecule has 0 amide bonds. The second kappa shape index (κ2) is 17.4. The van der Waals surface area contributed by atoms with Crippen molar-refractivity contribution in [1.29, 1.82) is 0 Å². The summed E-state index contributed by atoms with van der Waals surface area (Å²) in [4.78, 5) is 2.36. The SMILES string of the molecule is C=C(/C(=C\C=C/C)c1cccc(N(c2ccc(-c3cccc4ccccc34)cc2)c2ccc(-c3cccc4ccccc34)cc2)c1)c1ccccc1Nc1cccc2ccccc12. The normalized spacial score (nSPS) is 11.7. The van der Waals surface area contributed by atoms with Gasteiger partial charge in [0.05, 0.1) is 0 Å². The predicted molar refractivity (Wildman–Crippen MR) is 273 cm³/mol. The van der Waals surface area contributed by atoms with Crippen LogP contribution in [0.2, 0.25) is 0 Å². The van der Waals surface area contributed by atoms with Crippen LogP contribution in [0.15, 0.2) is 249 Å². The monoisotopic (exact) mass is 806 g/mol. The zero-order chi connectivity index (χ0) is 42.5. The number of para-hydroxylation sites is 1. The van der Waals surface area contributed by atoms with Crippen molar-refractivity contribution in [3.8, 4) is 22.3 Å². The summed E-state index contributed by atoms with van der Waals surface area (Å²) < 4.78 is 0. The summed E-state index contributed by atoms with van der Waals surface area (Å²) >= 11 is 0. The lowest BCUT2D eigenvalue weighted by Crippen LogP contribution is -2.10. The van der Waals surface area contributed by atoms with Gasteiger partial charge in [0.1, 0.15) is 0 Å². The average Bonchev–Trinajstić information content (AvgIpc) is 3.35. The number of benzene rings is 10. The predicted octanol–water partition coefficient (Wildman–Crippen LogP) is 17.4. The van der Waals surface area contributed by atoms with Crippen molar-refractivity contribution in [2.45, 2.75) is 6.92 Å². The number of hydrogen-bond acceptors (Lipinski definition) is 2. The molecule has 1 N–H and O–H groups in total. The van der Waals surface area contributed by atoms with E-state index in [4.69, 9.17) is 6.58 Å². The van der Waals surface area contributed by atoms with Crippen LogP contribution >= 0.6 is 0 Å². The Morgan fingerprint density at radius 1 is 0.444 bits per heavy atom. The Morgan fingerprint density at radius 3 is 1.52 bits per heavy atom. The molecule has 0 aliphatic heterocycles. The molecule has 300 valence electrons. The van der Waals surface area contributed by atoms with Crippen molar-refractivity contribution in [3.05, 3.63) is 260 Å². The number of nitrogens with zero attached hydrogens (tertiary/aromatic N) is 1. The third kappa shape index (κ3) is 7.83. The summed E-state index contributed by atoms with van der Waals surface area (Å²) in [7, 11) is 0. The minimum atomic E-state index is 0.930. The molecule has 0 bridgehead atoms. The maximum Gasteiger partial charge on any atom is 0.0467 e. The van der Waals surface area contributed by atoms with Gasteiger partial charge >= 0.3 is 0 Å². The van der Waals surface area contributed by atoms with E-state index in [1.807, 2.05) is 0 Å². The molecule has 10 aromatic rings. The van der Waals surface area contributed by atoms with Gasteiger partial charge in [-0.05, 0) is 121 Å². The van der Waals surface area contributed by atoms with E-state index in [9.17, 15) is 0 Å². The van der Waals surface area contributed by atoms with E-state index in [0.29, 0.717) is 0 Å². The van der Waals surface area contributed by atoms with Gasteiger partial charge in [-0.25, -0.2) is 0 Å². The van der Waals surface area contributed by atoms with Crippen molar-refractivity contribution < 1.29 is 0 Å². The van der Waals surface area contributed by atoms with E-state index in [1.54, 1.807) is 0 Å². The van der Waals surface area contributed by atoms with Gasteiger partial charge < -0.3 is 10.2 Å². The summed E-state index contributed by atoms with van der Waals surface area (Å²) in [5, 5.41) is 11.1. The van der Waals surface area contributed by atoms with Crippen LogP contribution < -0.4 is 10.2 Å². The van der Waals surface area contributed by atoms with E-state index >= 15 is 0 Å². The van der Waals surface area contributed by atoms with Crippen molar-refractivity contribution in [1.82, 2.24) is 0 Å². The third-order valence-corrected chi connectivity index (χ3v) is 12.0. The molecule has 0 atom stereocenters. The molecule has 0 saturated carbocycles. The Balaban J connectivity index is 1.05. The van der Waals surface area contributed by atoms with Crippen molar-refractivity contribution >= 4 is 71.9 Å². The first kappa shape index (κ1) is 39.0. The van der Waals surface area contributed by atoms with Gasteiger partial charge in [0.2, 0.25) is 0 Å². The Hall–Kier alpha value is -8.20. The average molecular weight is 807 g/mol. The van der Waals surface area contributed by atoms with Crippen molar-refractivity contribution in [2.24, 2.45) is 0 Å². The van der Waals surface area contributed by atoms with Crippen LogP contribution in [0.1, 0.15) is 18.1 Å². The highest BCUT2D eigenvalue weighted by Crippen LogP contribution is 2.42. The molecule has 10 rings (SSSR count). The first-order valence-corrected chi connectivity index (χ1v) is 21.6. The summed E-state index contributed by atoms with van der Waals surface area (Å²) in [6.45, 7) is 6.82. The Bertz CT molecular complexity index is 3200. The molecule has 63 heavy (non-hydrogen) atoms. The molecule has 0 radical (unpaired) electrons. The maximum absolute atomic E-state index is 4.77. The summed E-state index contributed by atoms with van der Waals surface area (Å²) in [6, 6.07) is 80.4. The van der Waals surface area contributed by atoms with Gasteiger partial charge in [-0.3, -0.25) is 0 Å². The fourth-order valence-corrected chi connectivity index (χ4v) is 8.84. The van der Waals surface area contributed by atoms with Crippen LogP contribution in [0.4, 0.5) is 28.4 Å². The van der Waals surface area contributed by atoms with Crippen LogP contribution in [0, 0.1) is 0 Å². The highest BCUT2D eigenvalue weighted by molar-refractivity contribution is 6.08. The zero-order valence-corrected chi connectivity index (χ0v) is 35.2. The van der Waals surface area contributed by atoms with Gasteiger partial charge in [0.15, 0.2) is 0 Å². The lowest BCUT2D eigenvalue weighted by Gasteiger charge is -2.27. The molecule has 0 fully saturated rings. The molecule has 0 unspecified atom stereocenters. The Labute approximate surface area is 370 Å². The quantitative estimate of drug-likeness (QED) is 0.131. The van der Waals surface area contributed by atoms with Crippen molar-refractivity contribution in [2.75, 3.05) is 10.2 Å². The van der Waals surface area contributed by atoms with Gasteiger partial charge in [-0.1, -0.05) is 201 Å². The first-order valence-electron chi connectivity index (χ1n) is 21.6. The van der Waals surface area contributed by atoms with Crippen LogP contribution in [0.3, 0.4) is 0 Å². The molecule has 0 aromatic heterocycles. The molecular formula is C61H46N2. The number of anilines is 5. The summed E-state index contributed by atoms with van der Waals surface area (Å²) in [5.41, 5.74) is 14.1. The number of allylic oxidation sites excluding steroid dienone is 5. The van der Waals surface area contributed by atoms with E-state index in [0.717, 1.165) is 50.7 Å². The molecule has 2 heteroatoms. The number of nitrogens with one attached hydrogen (secondary N) is 1. The molecule has 0 heterocycles. The molecule has 0 aliphatic carbocycles. The summed E-state index contributed by atoms with van der Waals surface area (Å²) in [6.07, 6.45) is 6.35. The van der Waals surface area contributed by atoms with Crippen LogP contribution in [0.5, 0.6) is 0 Å². The van der Waals surface area contributed by atoms with Crippen molar-refractivity contribution in [3.63, 3.8) is 0 Å². The second-order valence-electron chi connectivity index (χ2n) is 15.8. The fraction of sp³-hybridized carbons (Fsp3) is 0.0164. The van der Waals surface area contributed by atoms with Crippen LogP contribution in [-0.4, -0.2) is 0 Å². The second-order valence-corrected chi connectivity index (χ2v) is 15.8. The molecule has 10 aromatic carbocycles. The Kier molecular flexibility index (Phi) is 10.8. The summed E-state index contributed by atoms with van der Waals surface area (Å²) in [5.74, 6) is 0. The largest absolute Gasteiger partial charge is 0.355 e. The highest BCUT2D eigenvalue weighted by Gasteiger charge is 2.18. The Morgan fingerprint density at radius 2 is 0.921 bits per heavy atom. The molecular weight excluding hydrogens is 761 g/mol. The molecule has 0 spiro atoms. The van der Waals surface area contributed by atoms with Gasteiger partial charge in [-0.2, -0.15) is 0 Å². The van der Waals surface area contributed by atoms with E-state index in [2.05, 4.69) is 260 Å². The van der Waals surface area contributed by atoms with Crippen LogP contribution in [-0.2, 0) is 0 Å². The minimum Gasteiger partial charge on any atom is -0.355 e.